The van der Waals surface area contributed by atoms with Gasteiger partial charge in [-0.25, -0.2) is 0 Å². The summed E-state index contributed by atoms with van der Waals surface area (Å²) in [7, 11) is 1.61. The maximum Gasteiger partial charge on any atom is 0.233 e. The third kappa shape index (κ3) is 3.69. The molecule has 0 aliphatic heterocycles. The SMILES string of the molecule is CCNc1nc(Cl)nc(Nc2cccc(OC)c2)n1. The Morgan fingerprint density at radius 1 is 1.21 bits per heavy atom. The van der Waals surface area contributed by atoms with Gasteiger partial charge in [-0.05, 0) is 30.7 Å². The van der Waals surface area contributed by atoms with Crippen LogP contribution in [0.15, 0.2) is 24.3 Å². The molecule has 7 heteroatoms. The standard InChI is InChI=1S/C12H14ClN5O/c1-3-14-11-16-10(13)17-12(18-11)15-8-5-4-6-9(7-8)19-2/h4-7H,3H2,1-2H3,(H2,14,15,16,17,18). The molecule has 1 aromatic carbocycles. The Bertz CT molecular complexity index is 564. The van der Waals surface area contributed by atoms with Crippen LogP contribution >= 0.6 is 11.6 Å². The van der Waals surface area contributed by atoms with E-state index < -0.39 is 0 Å². The van der Waals surface area contributed by atoms with Gasteiger partial charge >= 0.3 is 0 Å². The zero-order valence-electron chi connectivity index (χ0n) is 10.6. The molecule has 6 nitrogen and oxygen atoms in total. The van der Waals surface area contributed by atoms with Crippen molar-refractivity contribution in [1.82, 2.24) is 15.0 Å². The molecule has 100 valence electrons. The van der Waals surface area contributed by atoms with E-state index in [0.717, 1.165) is 11.4 Å². The van der Waals surface area contributed by atoms with Crippen molar-refractivity contribution in [3.8, 4) is 5.75 Å². The number of nitrogens with one attached hydrogen (secondary N) is 2. The molecule has 0 radical (unpaired) electrons. The first-order valence-corrected chi connectivity index (χ1v) is 6.15. The summed E-state index contributed by atoms with van der Waals surface area (Å²) >= 11 is 5.84. The van der Waals surface area contributed by atoms with Crippen LogP contribution in [0, 0.1) is 0 Å². The highest BCUT2D eigenvalue weighted by Gasteiger charge is 2.05. The van der Waals surface area contributed by atoms with Gasteiger partial charge in [0.1, 0.15) is 5.75 Å². The molecule has 1 heterocycles. The first-order chi connectivity index (χ1) is 9.21. The minimum Gasteiger partial charge on any atom is -0.497 e. The van der Waals surface area contributed by atoms with Gasteiger partial charge in [0.05, 0.1) is 7.11 Å². The number of anilines is 3. The highest BCUT2D eigenvalue weighted by atomic mass is 35.5. The van der Waals surface area contributed by atoms with Crippen molar-refractivity contribution in [3.05, 3.63) is 29.5 Å². The Hall–Kier alpha value is -2.08. The van der Waals surface area contributed by atoms with Crippen LogP contribution in [0.25, 0.3) is 0 Å². The summed E-state index contributed by atoms with van der Waals surface area (Å²) in [5.41, 5.74) is 0.809. The van der Waals surface area contributed by atoms with Gasteiger partial charge in [-0.15, -0.1) is 0 Å². The van der Waals surface area contributed by atoms with Gasteiger partial charge in [-0.1, -0.05) is 6.07 Å². The van der Waals surface area contributed by atoms with Crippen LogP contribution in [-0.2, 0) is 0 Å². The molecule has 0 bridgehead atoms. The van der Waals surface area contributed by atoms with Crippen LogP contribution < -0.4 is 15.4 Å². The molecule has 1 aromatic heterocycles. The lowest BCUT2D eigenvalue weighted by Crippen LogP contribution is -2.06. The topological polar surface area (TPSA) is 72.0 Å². The van der Waals surface area contributed by atoms with Crippen molar-refractivity contribution in [3.63, 3.8) is 0 Å². The second-order valence-electron chi connectivity index (χ2n) is 3.64. The Kier molecular flexibility index (Phi) is 4.35. The molecular formula is C12H14ClN5O. The molecule has 0 aliphatic rings. The zero-order valence-corrected chi connectivity index (χ0v) is 11.4. The molecule has 2 aromatic rings. The van der Waals surface area contributed by atoms with Crippen LogP contribution in [0.3, 0.4) is 0 Å². The molecule has 2 rings (SSSR count). The van der Waals surface area contributed by atoms with Gasteiger partial charge in [-0.2, -0.15) is 15.0 Å². The van der Waals surface area contributed by atoms with Crippen molar-refractivity contribution in [2.45, 2.75) is 6.92 Å². The smallest absolute Gasteiger partial charge is 0.233 e. The Labute approximate surface area is 116 Å². The molecule has 0 spiro atoms. The molecule has 0 atom stereocenters. The lowest BCUT2D eigenvalue weighted by atomic mass is 10.3. The lowest BCUT2D eigenvalue weighted by molar-refractivity contribution is 0.415. The average Bonchev–Trinajstić information content (AvgIpc) is 2.38. The number of halogens is 1. The second kappa shape index (κ2) is 6.19. The van der Waals surface area contributed by atoms with E-state index in [-0.39, 0.29) is 5.28 Å². The number of methoxy groups -OCH3 is 1. The van der Waals surface area contributed by atoms with Crippen LogP contribution in [-0.4, -0.2) is 28.6 Å². The van der Waals surface area contributed by atoms with Crippen molar-refractivity contribution >= 4 is 29.2 Å². The summed E-state index contributed by atoms with van der Waals surface area (Å²) in [4.78, 5) is 12.2. The van der Waals surface area contributed by atoms with Gasteiger partial charge in [0, 0.05) is 18.3 Å². The molecule has 0 fully saturated rings. The van der Waals surface area contributed by atoms with Crippen molar-refractivity contribution in [1.29, 1.82) is 0 Å². The number of aromatic nitrogens is 3. The van der Waals surface area contributed by atoms with E-state index in [1.54, 1.807) is 7.11 Å². The highest BCUT2D eigenvalue weighted by molar-refractivity contribution is 6.28. The lowest BCUT2D eigenvalue weighted by Gasteiger charge is -2.08. The van der Waals surface area contributed by atoms with E-state index in [0.29, 0.717) is 18.4 Å². The number of ether oxygens (including phenoxy) is 1. The fraction of sp³-hybridized carbons (Fsp3) is 0.250. The number of hydrogen-bond donors (Lipinski definition) is 2. The van der Waals surface area contributed by atoms with Crippen molar-refractivity contribution in [2.24, 2.45) is 0 Å². The predicted molar refractivity (Wildman–Crippen MR) is 75.3 cm³/mol. The summed E-state index contributed by atoms with van der Waals surface area (Å²) < 4.78 is 5.15. The third-order valence-electron chi connectivity index (χ3n) is 2.27. The minimum atomic E-state index is 0.136. The van der Waals surface area contributed by atoms with Gasteiger partial charge in [0.2, 0.25) is 17.2 Å². The molecule has 0 aliphatic carbocycles. The van der Waals surface area contributed by atoms with E-state index in [1.165, 1.54) is 0 Å². The van der Waals surface area contributed by atoms with Crippen molar-refractivity contribution in [2.75, 3.05) is 24.3 Å². The maximum absolute atomic E-state index is 5.84. The Morgan fingerprint density at radius 2 is 2.00 bits per heavy atom. The molecule has 0 unspecified atom stereocenters. The molecule has 0 saturated heterocycles. The molecule has 2 N–H and O–H groups in total. The fourth-order valence-electron chi connectivity index (χ4n) is 1.47. The molecular weight excluding hydrogens is 266 g/mol. The monoisotopic (exact) mass is 279 g/mol. The van der Waals surface area contributed by atoms with Gasteiger partial charge < -0.3 is 15.4 Å². The van der Waals surface area contributed by atoms with E-state index in [2.05, 4.69) is 25.6 Å². The molecule has 0 saturated carbocycles. The number of rotatable bonds is 5. The normalized spacial score (nSPS) is 10.1. The summed E-state index contributed by atoms with van der Waals surface area (Å²) in [5, 5.41) is 6.17. The minimum absolute atomic E-state index is 0.136. The fourth-order valence-corrected chi connectivity index (χ4v) is 1.63. The summed E-state index contributed by atoms with van der Waals surface area (Å²) in [6, 6.07) is 7.45. The van der Waals surface area contributed by atoms with Crippen molar-refractivity contribution < 1.29 is 4.74 Å². The molecule has 0 amide bonds. The quantitative estimate of drug-likeness (QED) is 0.877. The van der Waals surface area contributed by atoms with E-state index in [9.17, 15) is 0 Å². The first kappa shape index (κ1) is 13.4. The van der Waals surface area contributed by atoms with Crippen LogP contribution in [0.1, 0.15) is 6.92 Å². The predicted octanol–water partition coefficient (Wildman–Crippen LogP) is 2.71. The van der Waals surface area contributed by atoms with Crippen LogP contribution in [0.2, 0.25) is 5.28 Å². The largest absolute Gasteiger partial charge is 0.497 e. The van der Waals surface area contributed by atoms with Crippen LogP contribution in [0.5, 0.6) is 5.75 Å². The van der Waals surface area contributed by atoms with Gasteiger partial charge in [0.25, 0.3) is 0 Å². The highest BCUT2D eigenvalue weighted by Crippen LogP contribution is 2.20. The number of benzene rings is 1. The first-order valence-electron chi connectivity index (χ1n) is 5.78. The van der Waals surface area contributed by atoms with E-state index >= 15 is 0 Å². The Morgan fingerprint density at radius 3 is 2.74 bits per heavy atom. The second-order valence-corrected chi connectivity index (χ2v) is 3.98. The molecule has 19 heavy (non-hydrogen) atoms. The van der Waals surface area contributed by atoms with Gasteiger partial charge in [0.15, 0.2) is 0 Å². The summed E-state index contributed by atoms with van der Waals surface area (Å²) in [5.74, 6) is 1.56. The number of hydrogen-bond acceptors (Lipinski definition) is 6. The number of nitrogens with zero attached hydrogens (tertiary/aromatic N) is 3. The summed E-state index contributed by atoms with van der Waals surface area (Å²) in [6.07, 6.45) is 0. The summed E-state index contributed by atoms with van der Waals surface area (Å²) in [6.45, 7) is 2.66. The van der Waals surface area contributed by atoms with Crippen LogP contribution in [0.4, 0.5) is 17.6 Å². The maximum atomic E-state index is 5.84. The van der Waals surface area contributed by atoms with Gasteiger partial charge in [-0.3, -0.25) is 0 Å². The zero-order chi connectivity index (χ0) is 13.7. The van der Waals surface area contributed by atoms with E-state index in [4.69, 9.17) is 16.3 Å². The third-order valence-corrected chi connectivity index (χ3v) is 2.44. The Balaban J connectivity index is 2.22. The van der Waals surface area contributed by atoms with E-state index in [1.807, 2.05) is 31.2 Å². The average molecular weight is 280 g/mol.